The van der Waals surface area contributed by atoms with E-state index < -0.39 is 28.1 Å². The van der Waals surface area contributed by atoms with Crippen molar-refractivity contribution >= 4 is 0 Å². The zero-order chi connectivity index (χ0) is 31.5. The first kappa shape index (κ1) is 27.7. The Morgan fingerprint density at radius 2 is 1.46 bits per heavy atom. The number of phenolic OH excluding ortho intramolecular Hbond substituents is 1. The molecule has 0 unspecified atom stereocenters. The van der Waals surface area contributed by atoms with Crippen LogP contribution in [0.1, 0.15) is 63.7 Å². The summed E-state index contributed by atoms with van der Waals surface area (Å²) >= 11 is 0. The smallest absolute Gasteiger partial charge is 0.166 e. The summed E-state index contributed by atoms with van der Waals surface area (Å²) in [6.45, 7) is 1.68. The summed E-state index contributed by atoms with van der Waals surface area (Å²) in [5.74, 6) is 2.03. The minimum absolute atomic E-state index is 0.0448. The molecule has 46 heavy (non-hydrogen) atoms. The van der Waals surface area contributed by atoms with Crippen molar-refractivity contribution in [3.05, 3.63) is 75.1 Å². The second-order valence-electron chi connectivity index (χ2n) is 15.3. The molecule has 7 aliphatic rings. The van der Waals surface area contributed by atoms with Gasteiger partial charge in [0.25, 0.3) is 0 Å². The van der Waals surface area contributed by atoms with Gasteiger partial charge in [-0.05, 0) is 87.3 Å². The Morgan fingerprint density at radius 3 is 2.20 bits per heavy atom. The molecule has 240 valence electrons. The summed E-state index contributed by atoms with van der Waals surface area (Å²) in [4.78, 5) is 10.1. The lowest BCUT2D eigenvalue weighted by Gasteiger charge is -2.63. The molecule has 4 heterocycles. The zero-order valence-corrected chi connectivity index (χ0v) is 26.9. The van der Waals surface area contributed by atoms with Crippen molar-refractivity contribution in [1.82, 2.24) is 14.8 Å². The van der Waals surface area contributed by atoms with Crippen molar-refractivity contribution in [3.8, 4) is 23.0 Å². The van der Waals surface area contributed by atoms with E-state index in [2.05, 4.69) is 42.1 Å². The highest BCUT2D eigenvalue weighted by atomic mass is 16.5. The molecule has 1 aromatic heterocycles. The van der Waals surface area contributed by atoms with E-state index >= 15 is 0 Å². The Balaban J connectivity index is 1.19. The maximum absolute atomic E-state index is 13.0. The summed E-state index contributed by atoms with van der Waals surface area (Å²) in [6.07, 6.45) is 3.88. The number of methoxy groups -OCH3 is 2. The van der Waals surface area contributed by atoms with Gasteiger partial charge in [-0.25, -0.2) is 0 Å². The van der Waals surface area contributed by atoms with Gasteiger partial charge in [0.2, 0.25) is 0 Å². The molecule has 1 spiro atoms. The molecule has 10 rings (SSSR count). The maximum Gasteiger partial charge on any atom is 0.166 e. The average molecular weight is 624 g/mol. The van der Waals surface area contributed by atoms with Gasteiger partial charge >= 0.3 is 0 Å². The fourth-order valence-corrected chi connectivity index (χ4v) is 11.7. The molecule has 2 saturated heterocycles. The third-order valence-electron chi connectivity index (χ3n) is 13.8. The highest BCUT2D eigenvalue weighted by Gasteiger charge is 2.73. The lowest BCUT2D eigenvalue weighted by molar-refractivity contribution is -0.168. The topological polar surface area (TPSA) is 108 Å². The molecule has 0 amide bonds. The van der Waals surface area contributed by atoms with Crippen LogP contribution >= 0.6 is 0 Å². The van der Waals surface area contributed by atoms with Gasteiger partial charge in [0.1, 0.15) is 0 Å². The molecule has 3 aliphatic heterocycles. The lowest BCUT2D eigenvalue weighted by atomic mass is 9.48. The molecule has 4 bridgehead atoms. The van der Waals surface area contributed by atoms with E-state index in [9.17, 15) is 15.3 Å². The van der Waals surface area contributed by atoms with Crippen LogP contribution in [0.15, 0.2) is 30.3 Å². The van der Waals surface area contributed by atoms with Crippen LogP contribution in [-0.4, -0.2) is 94.8 Å². The average Bonchev–Trinajstić information content (AvgIpc) is 3.38. The summed E-state index contributed by atoms with van der Waals surface area (Å²) in [6, 6.07) is 10.1. The standard InChI is InChI=1S/C37H41N3O6/c1-39-11-9-34-18-23-21(16-36(34,42)26(39)14-19-5-7-24(44-3)31(41)28(19)34)13-22-17-37(43)27-15-20-6-8-25(45-4)32-29(20)35(37,10-12-40(27)2)33(46-32)30(22)38-23/h5-8,13,26-27,33,41-43H,9-12,14-18H2,1-4H3/t26-,27+,33+,34-,35+,36-,37-/m1/s1. The second-order valence-corrected chi connectivity index (χ2v) is 15.3. The van der Waals surface area contributed by atoms with E-state index in [1.165, 1.54) is 5.56 Å². The van der Waals surface area contributed by atoms with Gasteiger partial charge < -0.3 is 39.3 Å². The molecule has 4 aliphatic carbocycles. The summed E-state index contributed by atoms with van der Waals surface area (Å²) in [7, 11) is 7.49. The summed E-state index contributed by atoms with van der Waals surface area (Å²) < 4.78 is 18.4. The van der Waals surface area contributed by atoms with Gasteiger partial charge in [0.15, 0.2) is 29.1 Å². The number of hydrogen-bond donors (Lipinski definition) is 3. The van der Waals surface area contributed by atoms with Crippen molar-refractivity contribution in [1.29, 1.82) is 0 Å². The number of rotatable bonds is 2. The summed E-state index contributed by atoms with van der Waals surface area (Å²) in [5, 5.41) is 37.6. The van der Waals surface area contributed by atoms with Crippen molar-refractivity contribution in [2.24, 2.45) is 0 Å². The van der Waals surface area contributed by atoms with Crippen LogP contribution in [0, 0.1) is 0 Å². The van der Waals surface area contributed by atoms with Gasteiger partial charge in [-0.1, -0.05) is 18.2 Å². The van der Waals surface area contributed by atoms with Crippen LogP contribution in [0.2, 0.25) is 0 Å². The van der Waals surface area contributed by atoms with E-state index in [0.29, 0.717) is 43.6 Å². The number of phenols is 1. The van der Waals surface area contributed by atoms with Crippen LogP contribution < -0.4 is 14.2 Å². The molecule has 0 radical (unpaired) electrons. The Bertz CT molecular complexity index is 1880. The first-order valence-corrected chi connectivity index (χ1v) is 16.7. The van der Waals surface area contributed by atoms with Crippen LogP contribution in [0.25, 0.3) is 0 Å². The molecule has 3 aromatic rings. The molecule has 9 heteroatoms. The number of piperidine rings is 2. The third-order valence-corrected chi connectivity index (χ3v) is 13.8. The number of aromatic nitrogens is 1. The maximum atomic E-state index is 13.0. The molecule has 7 atom stereocenters. The molecule has 9 nitrogen and oxygen atoms in total. The van der Waals surface area contributed by atoms with Gasteiger partial charge in [0.05, 0.1) is 36.5 Å². The number of pyridine rings is 1. The van der Waals surface area contributed by atoms with Crippen molar-refractivity contribution in [2.45, 2.75) is 85.2 Å². The van der Waals surface area contributed by atoms with E-state index in [4.69, 9.17) is 19.2 Å². The first-order chi connectivity index (χ1) is 22.1. The largest absolute Gasteiger partial charge is 0.504 e. The number of likely N-dealkylation sites (N-methyl/N-ethyl adjacent to an activating group) is 2. The minimum atomic E-state index is -1.10. The number of fused-ring (bicyclic) bond motifs is 4. The van der Waals surface area contributed by atoms with E-state index in [1.807, 2.05) is 12.1 Å². The molecule has 3 N–H and O–H groups in total. The zero-order valence-electron chi connectivity index (χ0n) is 26.9. The number of likely N-dealkylation sites (tertiary alicyclic amines) is 2. The van der Waals surface area contributed by atoms with Gasteiger partial charge in [-0.2, -0.15) is 0 Å². The molecular weight excluding hydrogens is 582 g/mol. The Kier molecular flexibility index (Phi) is 5.15. The summed E-state index contributed by atoms with van der Waals surface area (Å²) in [5.41, 5.74) is 4.66. The predicted octanol–water partition coefficient (Wildman–Crippen LogP) is 2.75. The van der Waals surface area contributed by atoms with E-state index in [0.717, 1.165) is 70.9 Å². The van der Waals surface area contributed by atoms with Crippen molar-refractivity contribution in [2.75, 3.05) is 41.4 Å². The minimum Gasteiger partial charge on any atom is -0.504 e. The number of aromatic hydroxyl groups is 1. The monoisotopic (exact) mass is 623 g/mol. The van der Waals surface area contributed by atoms with E-state index in [1.54, 1.807) is 14.2 Å². The first-order valence-electron chi connectivity index (χ1n) is 16.7. The van der Waals surface area contributed by atoms with Gasteiger partial charge in [0, 0.05) is 53.6 Å². The number of hydrogen-bond acceptors (Lipinski definition) is 9. The molecule has 2 fully saturated rings. The number of aliphatic hydroxyl groups is 2. The molecular formula is C37H41N3O6. The Morgan fingerprint density at radius 1 is 0.804 bits per heavy atom. The van der Waals surface area contributed by atoms with Crippen LogP contribution in [0.4, 0.5) is 0 Å². The Hall–Kier alpha value is -3.37. The number of nitrogens with zero attached hydrogens (tertiary/aromatic N) is 3. The highest BCUT2D eigenvalue weighted by Crippen LogP contribution is 2.69. The Labute approximate surface area is 268 Å². The fraction of sp³-hybridized carbons (Fsp3) is 0.541. The van der Waals surface area contributed by atoms with Crippen molar-refractivity contribution < 1.29 is 29.5 Å². The molecule has 2 aromatic carbocycles. The highest BCUT2D eigenvalue weighted by molar-refractivity contribution is 5.65. The molecule has 0 saturated carbocycles. The van der Waals surface area contributed by atoms with Crippen molar-refractivity contribution in [3.63, 3.8) is 0 Å². The van der Waals surface area contributed by atoms with Crippen LogP contribution in [0.5, 0.6) is 23.0 Å². The normalized spacial score (nSPS) is 37.7. The third kappa shape index (κ3) is 2.85. The quantitative estimate of drug-likeness (QED) is 0.397. The fourth-order valence-electron chi connectivity index (χ4n) is 11.7. The SMILES string of the molecule is COc1ccc2c(c1O)[C@]13CCN(C)[C@H](C2)[C@]1(O)Cc1cc2c(nc1C3)[C@@H]1Oc3c(OC)ccc4c3[C@@]13CCN(C)[C@@H](C4)[C@]3(O)C2. The second kappa shape index (κ2) is 8.55. The predicted molar refractivity (Wildman–Crippen MR) is 169 cm³/mol. The van der Waals surface area contributed by atoms with Gasteiger partial charge in [-0.15, -0.1) is 0 Å². The van der Waals surface area contributed by atoms with Crippen LogP contribution in [0.3, 0.4) is 0 Å². The van der Waals surface area contributed by atoms with Crippen LogP contribution in [-0.2, 0) is 42.9 Å². The lowest BCUT2D eigenvalue weighted by Crippen LogP contribution is -2.74. The number of benzene rings is 2. The van der Waals surface area contributed by atoms with E-state index in [-0.39, 0.29) is 17.8 Å². The number of ether oxygens (including phenoxy) is 3. The van der Waals surface area contributed by atoms with Gasteiger partial charge in [-0.3, -0.25) is 4.98 Å².